The lowest BCUT2D eigenvalue weighted by Gasteiger charge is -2.11. The summed E-state index contributed by atoms with van der Waals surface area (Å²) in [5, 5.41) is 3.05. The lowest BCUT2D eigenvalue weighted by atomic mass is 10.1. The maximum Gasteiger partial charge on any atom is 0.260 e. The Hall–Kier alpha value is -3.87. The average molecular weight is 404 g/mol. The summed E-state index contributed by atoms with van der Waals surface area (Å²) < 4.78 is 14.9. The molecule has 0 aliphatic carbocycles. The Morgan fingerprint density at radius 2 is 2.10 bits per heavy atom. The number of aliphatic imine (C=N–C) groups is 1. The molecule has 30 heavy (non-hydrogen) atoms. The van der Waals surface area contributed by atoms with Gasteiger partial charge in [-0.15, -0.1) is 0 Å². The number of carbonyl (C=O) groups is 1. The van der Waals surface area contributed by atoms with Gasteiger partial charge in [0.15, 0.2) is 0 Å². The molecule has 0 spiro atoms. The van der Waals surface area contributed by atoms with Crippen LogP contribution in [0.2, 0.25) is 0 Å². The molecule has 0 fully saturated rings. The molecule has 2 heterocycles. The van der Waals surface area contributed by atoms with E-state index >= 15 is 0 Å². The molecule has 1 aromatic carbocycles. The maximum atomic E-state index is 13.5. The van der Waals surface area contributed by atoms with Crippen molar-refractivity contribution in [2.75, 3.05) is 6.54 Å². The Kier molecular flexibility index (Phi) is 6.32. The SMILES string of the molecule is C=CN=C(C=C)CNC(=O)c1cc2c(=O)n(Cc3cccc(F)c3)ccc2nc1C. The van der Waals surface area contributed by atoms with Gasteiger partial charge in [0.05, 0.1) is 41.0 Å². The molecule has 2 aromatic heterocycles. The van der Waals surface area contributed by atoms with E-state index in [9.17, 15) is 14.0 Å². The summed E-state index contributed by atoms with van der Waals surface area (Å²) >= 11 is 0. The number of carbonyl (C=O) groups excluding carboxylic acids is 1. The second-order valence-corrected chi connectivity index (χ2v) is 6.62. The minimum absolute atomic E-state index is 0.171. The summed E-state index contributed by atoms with van der Waals surface area (Å²) in [6.45, 7) is 9.25. The van der Waals surface area contributed by atoms with Gasteiger partial charge >= 0.3 is 0 Å². The van der Waals surface area contributed by atoms with E-state index in [0.29, 0.717) is 33.4 Å². The minimum Gasteiger partial charge on any atom is -0.346 e. The van der Waals surface area contributed by atoms with Crippen molar-refractivity contribution in [3.63, 3.8) is 0 Å². The van der Waals surface area contributed by atoms with Crippen LogP contribution in [0.25, 0.3) is 10.9 Å². The molecular formula is C23H21FN4O2. The molecule has 3 rings (SSSR count). The van der Waals surface area contributed by atoms with Crippen molar-refractivity contribution in [1.29, 1.82) is 0 Å². The Morgan fingerprint density at radius 1 is 1.30 bits per heavy atom. The number of halogens is 1. The van der Waals surface area contributed by atoms with Crippen LogP contribution in [-0.4, -0.2) is 27.7 Å². The topological polar surface area (TPSA) is 76.3 Å². The third-order valence-electron chi connectivity index (χ3n) is 4.56. The molecule has 1 amide bonds. The molecule has 6 nitrogen and oxygen atoms in total. The minimum atomic E-state index is -0.375. The third-order valence-corrected chi connectivity index (χ3v) is 4.56. The highest BCUT2D eigenvalue weighted by atomic mass is 19.1. The smallest absolute Gasteiger partial charge is 0.260 e. The van der Waals surface area contributed by atoms with E-state index in [1.165, 1.54) is 35.0 Å². The van der Waals surface area contributed by atoms with Crippen LogP contribution in [0.5, 0.6) is 0 Å². The van der Waals surface area contributed by atoms with Gasteiger partial charge in [-0.1, -0.05) is 25.3 Å². The predicted molar refractivity (Wildman–Crippen MR) is 116 cm³/mol. The van der Waals surface area contributed by atoms with Gasteiger partial charge in [0.25, 0.3) is 11.5 Å². The second-order valence-electron chi connectivity index (χ2n) is 6.62. The van der Waals surface area contributed by atoms with Crippen LogP contribution in [0.3, 0.4) is 0 Å². The van der Waals surface area contributed by atoms with Crippen LogP contribution in [0.1, 0.15) is 21.6 Å². The van der Waals surface area contributed by atoms with Crippen LogP contribution < -0.4 is 10.9 Å². The van der Waals surface area contributed by atoms with Crippen LogP contribution in [-0.2, 0) is 6.54 Å². The van der Waals surface area contributed by atoms with E-state index < -0.39 is 0 Å². The van der Waals surface area contributed by atoms with Crippen molar-refractivity contribution in [3.8, 4) is 0 Å². The van der Waals surface area contributed by atoms with Crippen molar-refractivity contribution in [2.24, 2.45) is 4.99 Å². The first kappa shape index (κ1) is 20.9. The molecule has 152 valence electrons. The zero-order chi connectivity index (χ0) is 21.7. The first-order valence-corrected chi connectivity index (χ1v) is 9.26. The van der Waals surface area contributed by atoms with Crippen molar-refractivity contribution < 1.29 is 9.18 Å². The maximum absolute atomic E-state index is 13.5. The second kappa shape index (κ2) is 9.09. The van der Waals surface area contributed by atoms with Crippen LogP contribution in [0.4, 0.5) is 4.39 Å². The average Bonchev–Trinajstić information content (AvgIpc) is 2.72. The van der Waals surface area contributed by atoms with E-state index in [-0.39, 0.29) is 30.4 Å². The summed E-state index contributed by atoms with van der Waals surface area (Å²) in [5.74, 6) is -0.739. The number of hydrogen-bond donors (Lipinski definition) is 1. The summed E-state index contributed by atoms with van der Waals surface area (Å²) in [6.07, 6.45) is 4.51. The first-order valence-electron chi connectivity index (χ1n) is 9.26. The molecule has 3 aromatic rings. The molecule has 0 saturated carbocycles. The molecule has 0 atom stereocenters. The summed E-state index contributed by atoms with van der Waals surface area (Å²) in [6, 6.07) is 9.31. The van der Waals surface area contributed by atoms with Crippen molar-refractivity contribution in [2.45, 2.75) is 13.5 Å². The first-order chi connectivity index (χ1) is 14.4. The largest absolute Gasteiger partial charge is 0.346 e. The lowest BCUT2D eigenvalue weighted by Crippen LogP contribution is -2.30. The number of fused-ring (bicyclic) bond motifs is 1. The number of nitrogens with one attached hydrogen (secondary N) is 1. The zero-order valence-corrected chi connectivity index (χ0v) is 16.6. The molecule has 0 aliphatic rings. The number of benzene rings is 1. The lowest BCUT2D eigenvalue weighted by molar-refractivity contribution is 0.0958. The number of aromatic nitrogens is 2. The quantitative estimate of drug-likeness (QED) is 0.613. The van der Waals surface area contributed by atoms with Crippen molar-refractivity contribution in [1.82, 2.24) is 14.9 Å². The van der Waals surface area contributed by atoms with Gasteiger partial charge < -0.3 is 9.88 Å². The van der Waals surface area contributed by atoms with Gasteiger partial charge in [0.2, 0.25) is 0 Å². The van der Waals surface area contributed by atoms with Gasteiger partial charge in [-0.25, -0.2) is 4.39 Å². The molecule has 0 aliphatic heterocycles. The molecule has 0 bridgehead atoms. The fourth-order valence-corrected chi connectivity index (χ4v) is 3.05. The zero-order valence-electron chi connectivity index (χ0n) is 16.6. The van der Waals surface area contributed by atoms with Crippen LogP contribution in [0.15, 0.2) is 77.8 Å². The molecule has 0 unspecified atom stereocenters. The van der Waals surface area contributed by atoms with E-state index in [0.717, 1.165) is 0 Å². The highest BCUT2D eigenvalue weighted by molar-refractivity contribution is 6.03. The Balaban J connectivity index is 1.94. The molecule has 0 radical (unpaired) electrons. The van der Waals surface area contributed by atoms with Gasteiger partial charge in [0.1, 0.15) is 5.82 Å². The van der Waals surface area contributed by atoms with Crippen molar-refractivity contribution in [3.05, 3.63) is 101 Å². The van der Waals surface area contributed by atoms with E-state index in [1.807, 2.05) is 0 Å². The number of amides is 1. The molecular weight excluding hydrogens is 383 g/mol. The number of hydrogen-bond acceptors (Lipinski definition) is 4. The van der Waals surface area contributed by atoms with Gasteiger partial charge in [0, 0.05) is 12.4 Å². The monoisotopic (exact) mass is 404 g/mol. The van der Waals surface area contributed by atoms with Gasteiger partial charge in [-0.05, 0) is 42.8 Å². The Labute approximate surface area is 173 Å². The molecule has 7 heteroatoms. The van der Waals surface area contributed by atoms with E-state index in [4.69, 9.17) is 0 Å². The number of nitrogens with zero attached hydrogens (tertiary/aromatic N) is 3. The molecule has 0 saturated heterocycles. The third kappa shape index (κ3) is 4.57. The number of rotatable bonds is 7. The van der Waals surface area contributed by atoms with Gasteiger partial charge in [-0.2, -0.15) is 0 Å². The van der Waals surface area contributed by atoms with Crippen molar-refractivity contribution >= 4 is 22.5 Å². The highest BCUT2D eigenvalue weighted by Gasteiger charge is 2.14. The summed E-state index contributed by atoms with van der Waals surface area (Å²) in [4.78, 5) is 34.0. The van der Waals surface area contributed by atoms with E-state index in [2.05, 4.69) is 28.5 Å². The normalized spacial score (nSPS) is 11.3. The number of aryl methyl sites for hydroxylation is 1. The Morgan fingerprint density at radius 3 is 2.80 bits per heavy atom. The fraction of sp³-hybridized carbons (Fsp3) is 0.130. The summed E-state index contributed by atoms with van der Waals surface area (Å²) in [7, 11) is 0. The standard InChI is InChI=1S/C23H21FN4O2/c1-4-18(25-5-2)13-26-22(29)19-12-20-21(27-15(19)3)9-10-28(23(20)30)14-16-7-6-8-17(24)11-16/h4-12H,1-2,13-14H2,3H3,(H,26,29). The Bertz CT molecular complexity index is 1230. The van der Waals surface area contributed by atoms with Crippen LogP contribution >= 0.6 is 0 Å². The molecule has 1 N–H and O–H groups in total. The number of pyridine rings is 2. The van der Waals surface area contributed by atoms with Gasteiger partial charge in [-0.3, -0.25) is 19.6 Å². The highest BCUT2D eigenvalue weighted by Crippen LogP contribution is 2.14. The summed E-state index contributed by atoms with van der Waals surface area (Å²) in [5.41, 5.74) is 2.20. The van der Waals surface area contributed by atoms with Crippen LogP contribution in [0, 0.1) is 12.7 Å². The predicted octanol–water partition coefficient (Wildman–Crippen LogP) is 3.39. The van der Waals surface area contributed by atoms with E-state index in [1.54, 1.807) is 31.3 Å². The fourth-order valence-electron chi connectivity index (χ4n) is 3.05.